The molecule has 0 amide bonds. The fraction of sp³-hybridized carbons (Fsp3) is 0.300. The number of aryl methyl sites for hydroxylation is 1. The van der Waals surface area contributed by atoms with E-state index in [1.54, 1.807) is 6.07 Å². The molecule has 0 bridgehead atoms. The quantitative estimate of drug-likeness (QED) is 0.657. The molecular formula is C10H11N5O2S. The lowest BCUT2D eigenvalue weighted by molar-refractivity contribution is -0.385. The average Bonchev–Trinajstić information content (AvgIpc) is 2.78. The molecule has 0 saturated carbocycles. The van der Waals surface area contributed by atoms with Crippen molar-refractivity contribution in [2.24, 2.45) is 0 Å². The van der Waals surface area contributed by atoms with Crippen molar-refractivity contribution in [3.8, 4) is 0 Å². The van der Waals surface area contributed by atoms with Crippen molar-refractivity contribution in [2.45, 2.75) is 29.9 Å². The second kappa shape index (κ2) is 5.58. The van der Waals surface area contributed by atoms with E-state index in [-0.39, 0.29) is 5.69 Å². The van der Waals surface area contributed by atoms with Gasteiger partial charge in [0.2, 0.25) is 5.16 Å². The Morgan fingerprint density at radius 3 is 2.94 bits per heavy atom. The van der Waals surface area contributed by atoms with Gasteiger partial charge in [-0.15, -0.1) is 5.10 Å². The number of nitrogens with zero attached hydrogens (tertiary/aromatic N) is 4. The number of hydrogen-bond donors (Lipinski definition) is 1. The number of pyridine rings is 1. The summed E-state index contributed by atoms with van der Waals surface area (Å²) in [5.74, 6) is 0.835. The summed E-state index contributed by atoms with van der Waals surface area (Å²) in [6.45, 7) is 2.06. The molecule has 0 aliphatic carbocycles. The molecule has 2 rings (SSSR count). The van der Waals surface area contributed by atoms with Gasteiger partial charge in [-0.2, -0.15) is 0 Å². The van der Waals surface area contributed by atoms with Crippen LogP contribution in [0.1, 0.15) is 19.2 Å². The van der Waals surface area contributed by atoms with Crippen LogP contribution < -0.4 is 0 Å². The predicted molar refractivity (Wildman–Crippen MR) is 65.4 cm³/mol. The molecule has 0 radical (unpaired) electrons. The van der Waals surface area contributed by atoms with E-state index in [0.29, 0.717) is 10.2 Å². The third kappa shape index (κ3) is 3.04. The molecule has 18 heavy (non-hydrogen) atoms. The summed E-state index contributed by atoms with van der Waals surface area (Å²) in [4.78, 5) is 18.2. The Hall–Kier alpha value is -1.96. The highest BCUT2D eigenvalue weighted by atomic mass is 32.2. The lowest BCUT2D eigenvalue weighted by atomic mass is 10.3. The van der Waals surface area contributed by atoms with Crippen LogP contribution in [-0.2, 0) is 6.42 Å². The topological polar surface area (TPSA) is 97.6 Å². The van der Waals surface area contributed by atoms with Crippen molar-refractivity contribution in [1.29, 1.82) is 0 Å². The molecule has 2 aromatic rings. The van der Waals surface area contributed by atoms with E-state index in [1.165, 1.54) is 24.0 Å². The molecule has 0 saturated heterocycles. The van der Waals surface area contributed by atoms with Crippen molar-refractivity contribution in [3.05, 3.63) is 34.3 Å². The van der Waals surface area contributed by atoms with Gasteiger partial charge in [-0.05, 0) is 24.2 Å². The average molecular weight is 265 g/mol. The molecule has 0 aliphatic rings. The van der Waals surface area contributed by atoms with Gasteiger partial charge in [0.1, 0.15) is 17.0 Å². The largest absolute Gasteiger partial charge is 0.287 e. The summed E-state index contributed by atoms with van der Waals surface area (Å²) in [6.07, 6.45) is 3.07. The molecule has 0 spiro atoms. The minimum atomic E-state index is -0.479. The first-order valence-electron chi connectivity index (χ1n) is 5.38. The normalized spacial score (nSPS) is 10.5. The van der Waals surface area contributed by atoms with E-state index in [9.17, 15) is 10.1 Å². The summed E-state index contributed by atoms with van der Waals surface area (Å²) in [7, 11) is 0. The zero-order chi connectivity index (χ0) is 13.0. The molecule has 1 N–H and O–H groups in total. The molecule has 94 valence electrons. The standard InChI is InChI=1S/C10H11N5O2S/c1-2-3-8-12-10(14-13-8)18-9-5-4-7(6-11-9)15(16)17/h4-6H,2-3H2,1H3,(H,12,13,14). The highest BCUT2D eigenvalue weighted by molar-refractivity contribution is 7.99. The fourth-order valence-electron chi connectivity index (χ4n) is 1.31. The van der Waals surface area contributed by atoms with Crippen molar-refractivity contribution in [2.75, 3.05) is 0 Å². The number of aromatic nitrogens is 4. The van der Waals surface area contributed by atoms with E-state index < -0.39 is 4.92 Å². The van der Waals surface area contributed by atoms with Gasteiger partial charge >= 0.3 is 0 Å². The summed E-state index contributed by atoms with van der Waals surface area (Å²) < 4.78 is 0. The maximum absolute atomic E-state index is 10.5. The number of nitrogens with one attached hydrogen (secondary N) is 1. The second-order valence-electron chi connectivity index (χ2n) is 3.53. The van der Waals surface area contributed by atoms with Crippen LogP contribution in [0.25, 0.3) is 0 Å². The van der Waals surface area contributed by atoms with E-state index in [0.717, 1.165) is 18.7 Å². The van der Waals surface area contributed by atoms with Gasteiger partial charge in [0, 0.05) is 12.5 Å². The molecule has 7 nitrogen and oxygen atoms in total. The molecule has 0 aliphatic heterocycles. The van der Waals surface area contributed by atoms with Crippen LogP contribution >= 0.6 is 11.8 Å². The minimum Gasteiger partial charge on any atom is -0.262 e. The molecular weight excluding hydrogens is 254 g/mol. The summed E-state index contributed by atoms with van der Waals surface area (Å²) in [5, 5.41) is 18.6. The lowest BCUT2D eigenvalue weighted by Gasteiger charge is -1.95. The molecule has 2 heterocycles. The van der Waals surface area contributed by atoms with Crippen LogP contribution in [0.5, 0.6) is 0 Å². The summed E-state index contributed by atoms with van der Waals surface area (Å²) in [5.41, 5.74) is -0.0268. The Morgan fingerprint density at radius 2 is 2.33 bits per heavy atom. The van der Waals surface area contributed by atoms with E-state index >= 15 is 0 Å². The Bertz CT molecular complexity index is 539. The summed E-state index contributed by atoms with van der Waals surface area (Å²) in [6, 6.07) is 2.99. The van der Waals surface area contributed by atoms with Gasteiger partial charge in [0.05, 0.1) is 4.92 Å². The van der Waals surface area contributed by atoms with Gasteiger partial charge in [-0.1, -0.05) is 6.92 Å². The number of aromatic amines is 1. The van der Waals surface area contributed by atoms with Crippen molar-refractivity contribution < 1.29 is 4.92 Å². The van der Waals surface area contributed by atoms with Crippen LogP contribution in [-0.4, -0.2) is 25.1 Å². The monoisotopic (exact) mass is 265 g/mol. The van der Waals surface area contributed by atoms with Gasteiger partial charge in [-0.3, -0.25) is 15.2 Å². The Labute approximate surface area is 107 Å². The molecule has 0 fully saturated rings. The fourth-order valence-corrected chi connectivity index (χ4v) is 1.98. The van der Waals surface area contributed by atoms with Crippen LogP contribution in [0.3, 0.4) is 0 Å². The lowest BCUT2D eigenvalue weighted by Crippen LogP contribution is -1.89. The van der Waals surface area contributed by atoms with Crippen LogP contribution in [0.15, 0.2) is 28.5 Å². The van der Waals surface area contributed by atoms with Crippen LogP contribution in [0.4, 0.5) is 5.69 Å². The maximum atomic E-state index is 10.5. The maximum Gasteiger partial charge on any atom is 0.287 e. The van der Waals surface area contributed by atoms with E-state index in [1.807, 2.05) is 0 Å². The second-order valence-corrected chi connectivity index (χ2v) is 4.52. The zero-order valence-corrected chi connectivity index (χ0v) is 10.5. The first-order valence-corrected chi connectivity index (χ1v) is 6.20. The van der Waals surface area contributed by atoms with Gasteiger partial charge in [0.15, 0.2) is 0 Å². The Kier molecular flexibility index (Phi) is 3.88. The molecule has 8 heteroatoms. The first-order chi connectivity index (χ1) is 8.69. The Balaban J connectivity index is 2.06. The third-order valence-electron chi connectivity index (χ3n) is 2.13. The smallest absolute Gasteiger partial charge is 0.262 e. The molecule has 0 unspecified atom stereocenters. The highest BCUT2D eigenvalue weighted by Crippen LogP contribution is 2.23. The van der Waals surface area contributed by atoms with Crippen molar-refractivity contribution >= 4 is 17.4 Å². The van der Waals surface area contributed by atoms with E-state index in [2.05, 4.69) is 27.1 Å². The number of nitro groups is 1. The van der Waals surface area contributed by atoms with Crippen molar-refractivity contribution in [1.82, 2.24) is 20.2 Å². The number of H-pyrrole nitrogens is 1. The van der Waals surface area contributed by atoms with Gasteiger partial charge in [0.25, 0.3) is 5.69 Å². The molecule has 2 aromatic heterocycles. The highest BCUT2D eigenvalue weighted by Gasteiger charge is 2.08. The van der Waals surface area contributed by atoms with Crippen molar-refractivity contribution in [3.63, 3.8) is 0 Å². The van der Waals surface area contributed by atoms with Crippen LogP contribution in [0, 0.1) is 10.1 Å². The predicted octanol–water partition coefficient (Wildman–Crippen LogP) is 2.21. The molecule has 0 atom stereocenters. The first kappa shape index (κ1) is 12.5. The van der Waals surface area contributed by atoms with Gasteiger partial charge < -0.3 is 0 Å². The Morgan fingerprint density at radius 1 is 1.50 bits per heavy atom. The number of rotatable bonds is 5. The summed E-state index contributed by atoms with van der Waals surface area (Å²) >= 11 is 1.27. The zero-order valence-electron chi connectivity index (χ0n) is 9.66. The van der Waals surface area contributed by atoms with E-state index in [4.69, 9.17) is 0 Å². The minimum absolute atomic E-state index is 0.0268. The third-order valence-corrected chi connectivity index (χ3v) is 2.94. The van der Waals surface area contributed by atoms with Gasteiger partial charge in [-0.25, -0.2) is 9.97 Å². The number of hydrogen-bond acceptors (Lipinski definition) is 6. The SMILES string of the molecule is CCCc1nc(Sc2ccc([N+](=O)[O-])cn2)n[nH]1. The molecule has 0 aromatic carbocycles. The van der Waals surface area contributed by atoms with Crippen LogP contribution in [0.2, 0.25) is 0 Å².